The van der Waals surface area contributed by atoms with Crippen molar-refractivity contribution in [3.8, 4) is 5.75 Å². The molecule has 134 valence electrons. The molecule has 1 aliphatic rings. The Labute approximate surface area is 147 Å². The van der Waals surface area contributed by atoms with Crippen LogP contribution in [-0.2, 0) is 27.8 Å². The van der Waals surface area contributed by atoms with Crippen LogP contribution in [0.4, 0.5) is 5.82 Å². The van der Waals surface area contributed by atoms with Gasteiger partial charge in [0.25, 0.3) is 10.0 Å². The zero-order valence-electron chi connectivity index (χ0n) is 14.5. The summed E-state index contributed by atoms with van der Waals surface area (Å²) in [7, 11) is -3.83. The summed E-state index contributed by atoms with van der Waals surface area (Å²) < 4.78 is 33.2. The van der Waals surface area contributed by atoms with Crippen LogP contribution in [0.15, 0.2) is 29.2 Å². The fourth-order valence-corrected chi connectivity index (χ4v) is 3.92. The maximum absolute atomic E-state index is 12.6. The molecule has 0 radical (unpaired) electrons. The van der Waals surface area contributed by atoms with Crippen molar-refractivity contribution >= 4 is 15.8 Å². The van der Waals surface area contributed by atoms with Crippen LogP contribution in [0.3, 0.4) is 0 Å². The van der Waals surface area contributed by atoms with Crippen molar-refractivity contribution in [1.82, 2.24) is 4.98 Å². The van der Waals surface area contributed by atoms with Crippen LogP contribution in [0.25, 0.3) is 0 Å². The van der Waals surface area contributed by atoms with Gasteiger partial charge in [-0.05, 0) is 31.4 Å². The van der Waals surface area contributed by atoms with Crippen LogP contribution in [0, 0.1) is 6.92 Å². The van der Waals surface area contributed by atoms with E-state index in [2.05, 4.69) is 9.71 Å². The van der Waals surface area contributed by atoms with Crippen molar-refractivity contribution in [2.45, 2.75) is 44.6 Å². The fraction of sp³-hybridized carbons (Fsp3) is 0.389. The molecule has 6 nitrogen and oxygen atoms in total. The third-order valence-electron chi connectivity index (χ3n) is 4.27. The van der Waals surface area contributed by atoms with Gasteiger partial charge in [-0.25, -0.2) is 13.4 Å². The number of ether oxygens (including phenoxy) is 1. The van der Waals surface area contributed by atoms with Gasteiger partial charge in [0.1, 0.15) is 0 Å². The minimum absolute atomic E-state index is 0.0232. The van der Waals surface area contributed by atoms with E-state index in [0.717, 1.165) is 16.8 Å². The van der Waals surface area contributed by atoms with Crippen molar-refractivity contribution < 1.29 is 18.3 Å². The Morgan fingerprint density at radius 2 is 1.88 bits per heavy atom. The topological polar surface area (TPSA) is 88.5 Å². The second kappa shape index (κ2) is 6.65. The largest absolute Gasteiger partial charge is 0.504 e. The van der Waals surface area contributed by atoms with Gasteiger partial charge in [0, 0.05) is 11.1 Å². The van der Waals surface area contributed by atoms with Gasteiger partial charge < -0.3 is 9.84 Å². The number of aromatic hydroxyl groups is 1. The second-order valence-corrected chi connectivity index (χ2v) is 8.21. The smallest absolute Gasteiger partial charge is 0.263 e. The molecule has 25 heavy (non-hydrogen) atoms. The van der Waals surface area contributed by atoms with E-state index in [9.17, 15) is 13.5 Å². The van der Waals surface area contributed by atoms with Crippen molar-refractivity contribution in [1.29, 1.82) is 0 Å². The lowest BCUT2D eigenvalue weighted by atomic mass is 9.95. The molecule has 3 rings (SSSR count). The van der Waals surface area contributed by atoms with Gasteiger partial charge in [0.2, 0.25) is 0 Å². The van der Waals surface area contributed by atoms with Gasteiger partial charge in [0.05, 0.1) is 23.8 Å². The van der Waals surface area contributed by atoms with Gasteiger partial charge in [-0.1, -0.05) is 31.5 Å². The van der Waals surface area contributed by atoms with Crippen molar-refractivity contribution in [2.75, 3.05) is 11.3 Å². The number of fused-ring (bicyclic) bond motifs is 1. The average molecular weight is 362 g/mol. The highest BCUT2D eigenvalue weighted by molar-refractivity contribution is 7.92. The Morgan fingerprint density at radius 1 is 1.20 bits per heavy atom. The summed E-state index contributed by atoms with van der Waals surface area (Å²) in [5, 5.41) is 10.6. The van der Waals surface area contributed by atoms with E-state index in [0.29, 0.717) is 25.2 Å². The molecule has 0 saturated heterocycles. The number of hydrogen-bond donors (Lipinski definition) is 2. The average Bonchev–Trinajstić information content (AvgIpc) is 2.57. The van der Waals surface area contributed by atoms with E-state index in [-0.39, 0.29) is 22.4 Å². The number of aromatic nitrogens is 1. The molecular weight excluding hydrogens is 340 g/mol. The third kappa shape index (κ3) is 3.48. The molecule has 0 aliphatic carbocycles. The number of hydrogen-bond acceptors (Lipinski definition) is 5. The molecule has 0 fully saturated rings. The minimum Gasteiger partial charge on any atom is -0.504 e. The van der Waals surface area contributed by atoms with Gasteiger partial charge in [-0.3, -0.25) is 4.72 Å². The molecule has 1 aromatic heterocycles. The van der Waals surface area contributed by atoms with Crippen LogP contribution < -0.4 is 4.72 Å². The van der Waals surface area contributed by atoms with Crippen molar-refractivity contribution in [2.24, 2.45) is 0 Å². The molecule has 0 bridgehead atoms. The molecule has 2 heterocycles. The highest BCUT2D eigenvalue weighted by Crippen LogP contribution is 2.37. The summed E-state index contributed by atoms with van der Waals surface area (Å²) in [4.78, 5) is 4.52. The molecule has 1 aliphatic heterocycles. The Kier molecular flexibility index (Phi) is 4.71. The molecule has 2 N–H and O–H groups in total. The number of rotatable bonds is 4. The Morgan fingerprint density at radius 3 is 2.52 bits per heavy atom. The van der Waals surface area contributed by atoms with Crippen LogP contribution in [-0.4, -0.2) is 25.1 Å². The third-order valence-corrected chi connectivity index (χ3v) is 5.62. The standard InChI is InChI=1S/C18H22N2O4S/c1-11(2)16-15-10-24-9-8-14(15)17(21)18(19-16)20-25(22,23)13-6-4-12(3)5-7-13/h4-7,11,21H,8-10H2,1-3H3,(H,19,20). The number of aryl methyl sites for hydroxylation is 1. The summed E-state index contributed by atoms with van der Waals surface area (Å²) in [5.74, 6) is -0.0537. The lowest BCUT2D eigenvalue weighted by Gasteiger charge is -2.24. The molecule has 0 amide bonds. The van der Waals surface area contributed by atoms with Gasteiger partial charge in [0.15, 0.2) is 11.6 Å². The van der Waals surface area contributed by atoms with Crippen molar-refractivity contribution in [3.05, 3.63) is 46.6 Å². The zero-order chi connectivity index (χ0) is 18.2. The Hall–Kier alpha value is -2.12. The highest BCUT2D eigenvalue weighted by atomic mass is 32.2. The lowest BCUT2D eigenvalue weighted by Crippen LogP contribution is -2.19. The molecule has 1 aromatic carbocycles. The van der Waals surface area contributed by atoms with Gasteiger partial charge in [-0.15, -0.1) is 0 Å². The number of pyridine rings is 1. The normalized spacial score (nSPS) is 14.4. The zero-order valence-corrected chi connectivity index (χ0v) is 15.4. The van der Waals surface area contributed by atoms with E-state index >= 15 is 0 Å². The minimum atomic E-state index is -3.83. The number of nitrogens with zero attached hydrogens (tertiary/aromatic N) is 1. The first-order chi connectivity index (χ1) is 11.8. The van der Waals surface area contributed by atoms with E-state index in [1.165, 1.54) is 12.1 Å². The number of anilines is 1. The molecule has 7 heteroatoms. The second-order valence-electron chi connectivity index (χ2n) is 6.53. The predicted molar refractivity (Wildman–Crippen MR) is 95.3 cm³/mol. The van der Waals surface area contributed by atoms with Crippen LogP contribution in [0.2, 0.25) is 0 Å². The Balaban J connectivity index is 2.05. The predicted octanol–water partition coefficient (Wildman–Crippen LogP) is 3.09. The summed E-state index contributed by atoms with van der Waals surface area (Å²) in [6.45, 7) is 6.72. The fourth-order valence-electron chi connectivity index (χ4n) is 2.91. The molecular formula is C18H22N2O4S. The first kappa shape index (κ1) is 17.7. The molecule has 2 aromatic rings. The molecule has 0 unspecified atom stereocenters. The summed E-state index contributed by atoms with van der Waals surface area (Å²) in [6, 6.07) is 6.52. The summed E-state index contributed by atoms with van der Waals surface area (Å²) in [5.41, 5.74) is 3.29. The Bertz CT molecular complexity index is 890. The maximum atomic E-state index is 12.6. The first-order valence-corrected chi connectivity index (χ1v) is 9.69. The molecule has 0 spiro atoms. The van der Waals surface area contributed by atoms with E-state index in [1.807, 2.05) is 20.8 Å². The van der Waals surface area contributed by atoms with Crippen LogP contribution in [0.5, 0.6) is 5.75 Å². The SMILES string of the molecule is Cc1ccc(S(=O)(=O)Nc2nc(C(C)C)c3c(c2O)CCOC3)cc1. The number of benzene rings is 1. The van der Waals surface area contributed by atoms with E-state index < -0.39 is 10.0 Å². The van der Waals surface area contributed by atoms with Gasteiger partial charge in [-0.2, -0.15) is 0 Å². The first-order valence-electron chi connectivity index (χ1n) is 8.21. The number of sulfonamides is 1. The van der Waals surface area contributed by atoms with Crippen LogP contribution in [0.1, 0.15) is 42.1 Å². The van der Waals surface area contributed by atoms with E-state index in [4.69, 9.17) is 4.74 Å². The molecule has 0 atom stereocenters. The molecule has 0 saturated carbocycles. The van der Waals surface area contributed by atoms with Crippen molar-refractivity contribution in [3.63, 3.8) is 0 Å². The van der Waals surface area contributed by atoms with Crippen LogP contribution >= 0.6 is 0 Å². The maximum Gasteiger partial charge on any atom is 0.263 e. The quantitative estimate of drug-likeness (QED) is 0.872. The monoisotopic (exact) mass is 362 g/mol. The van der Waals surface area contributed by atoms with E-state index in [1.54, 1.807) is 12.1 Å². The van der Waals surface area contributed by atoms with Gasteiger partial charge >= 0.3 is 0 Å². The highest BCUT2D eigenvalue weighted by Gasteiger charge is 2.26. The summed E-state index contributed by atoms with van der Waals surface area (Å²) in [6.07, 6.45) is 0.530. The number of nitrogens with one attached hydrogen (secondary N) is 1. The lowest BCUT2D eigenvalue weighted by molar-refractivity contribution is 0.108. The summed E-state index contributed by atoms with van der Waals surface area (Å²) >= 11 is 0.